The Bertz CT molecular complexity index is 597. The van der Waals surface area contributed by atoms with Crippen LogP contribution < -0.4 is 10.2 Å². The lowest BCUT2D eigenvalue weighted by atomic mass is 10.2. The first-order valence-corrected chi connectivity index (χ1v) is 8.95. The summed E-state index contributed by atoms with van der Waals surface area (Å²) in [6, 6.07) is 14.5. The van der Waals surface area contributed by atoms with E-state index in [2.05, 4.69) is 66.4 Å². The Hall–Kier alpha value is -1.43. The van der Waals surface area contributed by atoms with Crippen molar-refractivity contribution in [3.05, 3.63) is 58.8 Å². The van der Waals surface area contributed by atoms with Gasteiger partial charge in [-0.3, -0.25) is 9.88 Å². The van der Waals surface area contributed by atoms with Crippen LogP contribution in [0.2, 0.25) is 0 Å². The normalized spacial score (nSPS) is 15.8. The third-order valence-electron chi connectivity index (χ3n) is 4.20. The Kier molecular flexibility index (Phi) is 6.02. The van der Waals surface area contributed by atoms with E-state index in [9.17, 15) is 0 Å². The second-order valence-electron chi connectivity index (χ2n) is 5.78. The number of hydrogen-bond acceptors (Lipinski definition) is 4. The summed E-state index contributed by atoms with van der Waals surface area (Å²) in [5, 5.41) is 3.48. The van der Waals surface area contributed by atoms with E-state index >= 15 is 0 Å². The third-order valence-corrected chi connectivity index (χ3v) is 4.87. The van der Waals surface area contributed by atoms with E-state index in [4.69, 9.17) is 0 Å². The summed E-state index contributed by atoms with van der Waals surface area (Å²) >= 11 is 3.65. The van der Waals surface area contributed by atoms with Crippen molar-refractivity contribution >= 4 is 21.6 Å². The molecule has 1 aromatic carbocycles. The van der Waals surface area contributed by atoms with Gasteiger partial charge in [-0.1, -0.05) is 18.2 Å². The second kappa shape index (κ2) is 8.43. The molecule has 2 aromatic rings. The van der Waals surface area contributed by atoms with Gasteiger partial charge in [0.1, 0.15) is 0 Å². The van der Waals surface area contributed by atoms with Gasteiger partial charge in [-0.15, -0.1) is 0 Å². The van der Waals surface area contributed by atoms with Crippen LogP contribution in [-0.4, -0.2) is 49.2 Å². The molecule has 0 spiro atoms. The minimum absolute atomic E-state index is 0.845. The van der Waals surface area contributed by atoms with Crippen molar-refractivity contribution in [2.75, 3.05) is 44.2 Å². The number of piperazine rings is 1. The molecule has 1 fully saturated rings. The molecule has 0 bridgehead atoms. The number of halogens is 1. The summed E-state index contributed by atoms with van der Waals surface area (Å²) in [6.07, 6.45) is 1.85. The monoisotopic (exact) mass is 374 g/mol. The van der Waals surface area contributed by atoms with Crippen molar-refractivity contribution in [3.8, 4) is 0 Å². The van der Waals surface area contributed by atoms with E-state index in [1.807, 2.05) is 18.3 Å². The quantitative estimate of drug-likeness (QED) is 0.787. The van der Waals surface area contributed by atoms with Gasteiger partial charge in [0, 0.05) is 56.5 Å². The first-order chi connectivity index (χ1) is 11.3. The fourth-order valence-electron chi connectivity index (χ4n) is 2.88. The molecule has 1 aliphatic heterocycles. The standard InChI is InChI=1S/C18H23BrN4/c19-17-6-1-2-7-18(17)23-13-11-22(12-14-23)10-9-20-15-16-5-3-4-8-21-16/h1-8,20H,9-15H2. The molecule has 122 valence electrons. The van der Waals surface area contributed by atoms with Crippen LogP contribution in [-0.2, 0) is 6.54 Å². The lowest BCUT2D eigenvalue weighted by Gasteiger charge is -2.36. The highest BCUT2D eigenvalue weighted by Gasteiger charge is 2.17. The number of para-hydroxylation sites is 1. The number of hydrogen-bond donors (Lipinski definition) is 1. The average molecular weight is 375 g/mol. The summed E-state index contributed by atoms with van der Waals surface area (Å²) in [4.78, 5) is 9.31. The molecule has 23 heavy (non-hydrogen) atoms. The summed E-state index contributed by atoms with van der Waals surface area (Å²) in [5.74, 6) is 0. The van der Waals surface area contributed by atoms with Crippen molar-refractivity contribution < 1.29 is 0 Å². The van der Waals surface area contributed by atoms with Gasteiger partial charge in [0.2, 0.25) is 0 Å². The Morgan fingerprint density at radius 2 is 1.78 bits per heavy atom. The molecule has 1 N–H and O–H groups in total. The number of nitrogens with zero attached hydrogens (tertiary/aromatic N) is 3. The molecule has 1 aliphatic rings. The molecule has 3 rings (SSSR count). The molecule has 0 unspecified atom stereocenters. The van der Waals surface area contributed by atoms with Gasteiger partial charge in [0.15, 0.2) is 0 Å². The van der Waals surface area contributed by atoms with E-state index in [1.165, 1.54) is 10.2 Å². The minimum Gasteiger partial charge on any atom is -0.368 e. The van der Waals surface area contributed by atoms with Gasteiger partial charge in [-0.05, 0) is 40.2 Å². The lowest BCUT2D eigenvalue weighted by molar-refractivity contribution is 0.257. The Morgan fingerprint density at radius 3 is 2.52 bits per heavy atom. The average Bonchev–Trinajstić information content (AvgIpc) is 2.61. The van der Waals surface area contributed by atoms with Gasteiger partial charge in [0.05, 0.1) is 11.4 Å². The Balaban J connectivity index is 1.37. The highest BCUT2D eigenvalue weighted by Crippen LogP contribution is 2.26. The van der Waals surface area contributed by atoms with Crippen molar-refractivity contribution in [2.24, 2.45) is 0 Å². The van der Waals surface area contributed by atoms with Crippen LogP contribution in [0.15, 0.2) is 53.1 Å². The van der Waals surface area contributed by atoms with Crippen LogP contribution in [0.3, 0.4) is 0 Å². The number of aromatic nitrogens is 1. The number of rotatable bonds is 6. The summed E-state index contributed by atoms with van der Waals surface area (Å²) in [7, 11) is 0. The van der Waals surface area contributed by atoms with Gasteiger partial charge >= 0.3 is 0 Å². The molecule has 0 radical (unpaired) electrons. The third kappa shape index (κ3) is 4.77. The van der Waals surface area contributed by atoms with E-state index in [0.29, 0.717) is 0 Å². The SMILES string of the molecule is Brc1ccccc1N1CCN(CCNCc2ccccn2)CC1. The fraction of sp³-hybridized carbons (Fsp3) is 0.389. The molecule has 1 aromatic heterocycles. The highest BCUT2D eigenvalue weighted by atomic mass is 79.9. The molecular formula is C18H23BrN4. The molecule has 1 saturated heterocycles. The van der Waals surface area contributed by atoms with E-state index in [1.54, 1.807) is 0 Å². The van der Waals surface area contributed by atoms with Crippen LogP contribution >= 0.6 is 15.9 Å². The smallest absolute Gasteiger partial charge is 0.0541 e. The maximum absolute atomic E-state index is 4.33. The van der Waals surface area contributed by atoms with Crippen LogP contribution in [0.25, 0.3) is 0 Å². The molecule has 0 amide bonds. The maximum atomic E-state index is 4.33. The Labute approximate surface area is 146 Å². The molecule has 4 nitrogen and oxygen atoms in total. The fourth-order valence-corrected chi connectivity index (χ4v) is 3.41. The second-order valence-corrected chi connectivity index (χ2v) is 6.63. The van der Waals surface area contributed by atoms with Crippen LogP contribution in [0.4, 0.5) is 5.69 Å². The maximum Gasteiger partial charge on any atom is 0.0541 e. The van der Waals surface area contributed by atoms with Gasteiger partial charge in [-0.2, -0.15) is 0 Å². The first-order valence-electron chi connectivity index (χ1n) is 8.15. The number of anilines is 1. The van der Waals surface area contributed by atoms with Gasteiger partial charge in [-0.25, -0.2) is 0 Å². The zero-order chi connectivity index (χ0) is 15.9. The first kappa shape index (κ1) is 16.4. The molecule has 0 atom stereocenters. The summed E-state index contributed by atoms with van der Waals surface area (Å²) in [6.45, 7) is 7.35. The summed E-state index contributed by atoms with van der Waals surface area (Å²) in [5.41, 5.74) is 2.41. The molecular weight excluding hydrogens is 352 g/mol. The van der Waals surface area contributed by atoms with Crippen molar-refractivity contribution in [2.45, 2.75) is 6.54 Å². The van der Waals surface area contributed by atoms with Gasteiger partial charge < -0.3 is 10.2 Å². The lowest BCUT2D eigenvalue weighted by Crippen LogP contribution is -2.48. The highest BCUT2D eigenvalue weighted by molar-refractivity contribution is 9.10. The molecule has 0 aliphatic carbocycles. The molecule has 5 heteroatoms. The molecule has 0 saturated carbocycles. The number of nitrogens with one attached hydrogen (secondary N) is 1. The van der Waals surface area contributed by atoms with E-state index in [-0.39, 0.29) is 0 Å². The number of pyridine rings is 1. The van der Waals surface area contributed by atoms with Crippen molar-refractivity contribution in [1.82, 2.24) is 15.2 Å². The van der Waals surface area contributed by atoms with Crippen LogP contribution in [0.5, 0.6) is 0 Å². The Morgan fingerprint density at radius 1 is 1.00 bits per heavy atom. The zero-order valence-electron chi connectivity index (χ0n) is 13.3. The topological polar surface area (TPSA) is 31.4 Å². The molecule has 2 heterocycles. The largest absolute Gasteiger partial charge is 0.368 e. The van der Waals surface area contributed by atoms with Gasteiger partial charge in [0.25, 0.3) is 0 Å². The predicted octanol–water partition coefficient (Wildman–Crippen LogP) is 2.76. The predicted molar refractivity (Wildman–Crippen MR) is 98.7 cm³/mol. The minimum atomic E-state index is 0.845. The zero-order valence-corrected chi connectivity index (χ0v) is 14.9. The summed E-state index contributed by atoms with van der Waals surface area (Å²) < 4.78 is 1.19. The van der Waals surface area contributed by atoms with Crippen molar-refractivity contribution in [1.29, 1.82) is 0 Å². The number of benzene rings is 1. The van der Waals surface area contributed by atoms with Crippen molar-refractivity contribution in [3.63, 3.8) is 0 Å². The van der Waals surface area contributed by atoms with E-state index < -0.39 is 0 Å². The van der Waals surface area contributed by atoms with Crippen LogP contribution in [0, 0.1) is 0 Å². The van der Waals surface area contributed by atoms with Crippen LogP contribution in [0.1, 0.15) is 5.69 Å². The van der Waals surface area contributed by atoms with E-state index in [0.717, 1.165) is 51.5 Å².